The fourth-order valence-corrected chi connectivity index (χ4v) is 1.78. The first kappa shape index (κ1) is 12.9. The Labute approximate surface area is 107 Å². The van der Waals surface area contributed by atoms with E-state index in [-0.39, 0.29) is 5.78 Å². The first-order valence-electron chi connectivity index (χ1n) is 6.18. The summed E-state index contributed by atoms with van der Waals surface area (Å²) in [6, 6.07) is 5.36. The second kappa shape index (κ2) is 4.98. The van der Waals surface area contributed by atoms with Crippen LogP contribution < -0.4 is 14.8 Å². The molecule has 0 aliphatic carbocycles. The third kappa shape index (κ3) is 2.48. The van der Waals surface area contributed by atoms with Crippen LogP contribution in [0.3, 0.4) is 0 Å². The van der Waals surface area contributed by atoms with Crippen molar-refractivity contribution in [1.29, 1.82) is 0 Å². The molecular formula is C14H19NO3. The van der Waals surface area contributed by atoms with Crippen molar-refractivity contribution in [1.82, 2.24) is 5.32 Å². The minimum Gasteiger partial charge on any atom is -0.490 e. The molecule has 0 unspecified atom stereocenters. The fraction of sp³-hybridized carbons (Fsp3) is 0.500. The molecule has 1 N–H and O–H groups in total. The third-order valence-corrected chi connectivity index (χ3v) is 3.20. The number of ketones is 1. The van der Waals surface area contributed by atoms with Crippen molar-refractivity contribution in [3.8, 4) is 11.5 Å². The number of fused-ring (bicyclic) bond motifs is 1. The van der Waals surface area contributed by atoms with Gasteiger partial charge in [-0.3, -0.25) is 4.79 Å². The summed E-state index contributed by atoms with van der Waals surface area (Å²) < 4.78 is 11.1. The summed E-state index contributed by atoms with van der Waals surface area (Å²) in [5.41, 5.74) is 0.0541. The average Bonchev–Trinajstić information content (AvgIpc) is 2.62. The molecule has 0 saturated heterocycles. The molecule has 1 aromatic carbocycles. The SMILES string of the molecule is CNC(C)(C)C(=O)c1ccc2c(c1)OCCCO2. The second-order valence-electron chi connectivity index (χ2n) is 4.92. The number of Topliss-reactive ketones (excluding diaryl/α,β-unsaturated/α-hetero) is 1. The standard InChI is InChI=1S/C14H19NO3/c1-14(2,15-3)13(16)10-5-6-11-12(9-10)18-8-4-7-17-11/h5-6,9,15H,4,7-8H2,1-3H3. The smallest absolute Gasteiger partial charge is 0.182 e. The minimum absolute atomic E-state index is 0.0423. The van der Waals surface area contributed by atoms with Gasteiger partial charge in [-0.2, -0.15) is 0 Å². The minimum atomic E-state index is -0.584. The number of ether oxygens (including phenoxy) is 2. The van der Waals surface area contributed by atoms with Crippen LogP contribution in [0.4, 0.5) is 0 Å². The molecule has 18 heavy (non-hydrogen) atoms. The van der Waals surface area contributed by atoms with Gasteiger partial charge in [-0.15, -0.1) is 0 Å². The Kier molecular flexibility index (Phi) is 3.57. The van der Waals surface area contributed by atoms with Gasteiger partial charge in [-0.05, 0) is 39.1 Å². The van der Waals surface area contributed by atoms with Crippen LogP contribution in [0.2, 0.25) is 0 Å². The zero-order valence-corrected chi connectivity index (χ0v) is 11.1. The van der Waals surface area contributed by atoms with E-state index in [0.717, 1.165) is 6.42 Å². The van der Waals surface area contributed by atoms with E-state index in [9.17, 15) is 4.79 Å². The number of carbonyl (C=O) groups is 1. The molecule has 0 spiro atoms. The van der Waals surface area contributed by atoms with E-state index >= 15 is 0 Å². The maximum absolute atomic E-state index is 12.3. The summed E-state index contributed by atoms with van der Waals surface area (Å²) in [6.45, 7) is 5.00. The van der Waals surface area contributed by atoms with E-state index in [1.807, 2.05) is 13.8 Å². The molecule has 0 atom stereocenters. The number of benzene rings is 1. The monoisotopic (exact) mass is 249 g/mol. The van der Waals surface area contributed by atoms with Crippen LogP contribution in [0.15, 0.2) is 18.2 Å². The van der Waals surface area contributed by atoms with Gasteiger partial charge in [0.25, 0.3) is 0 Å². The molecule has 4 heteroatoms. The molecule has 0 bridgehead atoms. The topological polar surface area (TPSA) is 47.6 Å². The van der Waals surface area contributed by atoms with E-state index in [1.54, 1.807) is 25.2 Å². The largest absolute Gasteiger partial charge is 0.490 e. The van der Waals surface area contributed by atoms with E-state index in [4.69, 9.17) is 9.47 Å². The lowest BCUT2D eigenvalue weighted by Crippen LogP contribution is -2.44. The Morgan fingerprint density at radius 2 is 1.89 bits per heavy atom. The van der Waals surface area contributed by atoms with Crippen molar-refractivity contribution in [2.24, 2.45) is 0 Å². The second-order valence-corrected chi connectivity index (χ2v) is 4.92. The number of hydrogen-bond acceptors (Lipinski definition) is 4. The van der Waals surface area contributed by atoms with Crippen molar-refractivity contribution in [3.63, 3.8) is 0 Å². The van der Waals surface area contributed by atoms with Crippen LogP contribution in [-0.4, -0.2) is 31.6 Å². The van der Waals surface area contributed by atoms with Crippen molar-refractivity contribution < 1.29 is 14.3 Å². The van der Waals surface area contributed by atoms with Crippen LogP contribution in [0.1, 0.15) is 30.6 Å². The normalized spacial score (nSPS) is 15.1. The molecule has 4 nitrogen and oxygen atoms in total. The Morgan fingerprint density at radius 1 is 1.22 bits per heavy atom. The highest BCUT2D eigenvalue weighted by atomic mass is 16.5. The maximum atomic E-state index is 12.3. The molecule has 2 rings (SSSR count). The quantitative estimate of drug-likeness (QED) is 0.833. The Hall–Kier alpha value is -1.55. The molecule has 98 valence electrons. The number of rotatable bonds is 3. The van der Waals surface area contributed by atoms with E-state index in [0.29, 0.717) is 30.3 Å². The first-order chi connectivity index (χ1) is 8.54. The van der Waals surface area contributed by atoms with Gasteiger partial charge in [0.15, 0.2) is 17.3 Å². The van der Waals surface area contributed by atoms with Crippen molar-refractivity contribution in [3.05, 3.63) is 23.8 Å². The average molecular weight is 249 g/mol. The first-order valence-corrected chi connectivity index (χ1v) is 6.18. The van der Waals surface area contributed by atoms with Gasteiger partial charge in [-0.1, -0.05) is 0 Å². The molecule has 1 aliphatic rings. The highest BCUT2D eigenvalue weighted by molar-refractivity contribution is 6.03. The molecule has 0 saturated carbocycles. The number of nitrogens with one attached hydrogen (secondary N) is 1. The van der Waals surface area contributed by atoms with E-state index < -0.39 is 5.54 Å². The van der Waals surface area contributed by atoms with E-state index in [2.05, 4.69) is 5.32 Å². The van der Waals surface area contributed by atoms with Crippen molar-refractivity contribution in [2.75, 3.05) is 20.3 Å². The molecule has 0 amide bonds. The summed E-state index contributed by atoms with van der Waals surface area (Å²) in [5, 5.41) is 3.01. The Balaban J connectivity index is 2.31. The van der Waals surface area contributed by atoms with Gasteiger partial charge in [-0.25, -0.2) is 0 Å². The number of likely N-dealkylation sites (N-methyl/N-ethyl adjacent to an activating group) is 1. The predicted octanol–water partition coefficient (Wildman–Crippen LogP) is 2.03. The van der Waals surface area contributed by atoms with Gasteiger partial charge in [0.1, 0.15) is 0 Å². The number of carbonyl (C=O) groups excluding carboxylic acids is 1. The zero-order chi connectivity index (χ0) is 13.2. The summed E-state index contributed by atoms with van der Waals surface area (Å²) in [4.78, 5) is 12.3. The van der Waals surface area contributed by atoms with Crippen LogP contribution in [0.5, 0.6) is 11.5 Å². The molecule has 1 aliphatic heterocycles. The summed E-state index contributed by atoms with van der Waals surface area (Å²) >= 11 is 0. The van der Waals surface area contributed by atoms with Crippen LogP contribution in [0.25, 0.3) is 0 Å². The predicted molar refractivity (Wildman–Crippen MR) is 69.5 cm³/mol. The molecule has 1 heterocycles. The van der Waals surface area contributed by atoms with Gasteiger partial charge < -0.3 is 14.8 Å². The van der Waals surface area contributed by atoms with Crippen molar-refractivity contribution in [2.45, 2.75) is 25.8 Å². The highest BCUT2D eigenvalue weighted by Gasteiger charge is 2.27. The Morgan fingerprint density at radius 3 is 2.56 bits per heavy atom. The lowest BCUT2D eigenvalue weighted by atomic mass is 9.93. The van der Waals surface area contributed by atoms with Crippen LogP contribution >= 0.6 is 0 Å². The Bertz CT molecular complexity index is 454. The van der Waals surface area contributed by atoms with Gasteiger partial charge in [0.05, 0.1) is 18.8 Å². The van der Waals surface area contributed by atoms with Gasteiger partial charge in [0, 0.05) is 12.0 Å². The van der Waals surface area contributed by atoms with Crippen LogP contribution in [0, 0.1) is 0 Å². The molecule has 0 fully saturated rings. The van der Waals surface area contributed by atoms with Gasteiger partial charge >= 0.3 is 0 Å². The maximum Gasteiger partial charge on any atom is 0.182 e. The zero-order valence-electron chi connectivity index (χ0n) is 11.1. The molecule has 0 radical (unpaired) electrons. The number of hydrogen-bond donors (Lipinski definition) is 1. The molecular weight excluding hydrogens is 230 g/mol. The fourth-order valence-electron chi connectivity index (χ4n) is 1.78. The summed E-state index contributed by atoms with van der Waals surface area (Å²) in [5.74, 6) is 1.41. The van der Waals surface area contributed by atoms with E-state index in [1.165, 1.54) is 0 Å². The molecule has 0 aromatic heterocycles. The van der Waals surface area contributed by atoms with Gasteiger partial charge in [0.2, 0.25) is 0 Å². The van der Waals surface area contributed by atoms with Crippen LogP contribution in [-0.2, 0) is 0 Å². The third-order valence-electron chi connectivity index (χ3n) is 3.20. The summed E-state index contributed by atoms with van der Waals surface area (Å²) in [6.07, 6.45) is 0.861. The lowest BCUT2D eigenvalue weighted by Gasteiger charge is -2.22. The van der Waals surface area contributed by atoms with Crippen molar-refractivity contribution >= 4 is 5.78 Å². The lowest BCUT2D eigenvalue weighted by molar-refractivity contribution is 0.0889. The molecule has 1 aromatic rings. The summed E-state index contributed by atoms with van der Waals surface area (Å²) in [7, 11) is 1.78. The highest BCUT2D eigenvalue weighted by Crippen LogP contribution is 2.31.